The maximum Gasteiger partial charge on any atom is 1.00 e. The Morgan fingerprint density at radius 1 is 1.17 bits per heavy atom. The molecule has 10 heteroatoms. The Labute approximate surface area is 256 Å². The fourth-order valence-corrected chi connectivity index (χ4v) is 4.43. The standard InChI is InChI=1S/C26H29N3O5S.K/c1-2-33-23-10-3-4-11-24(23)34-21-8-6-14-29(18-21)25-13-12-20(17-27-25)26(30)28-16-19-7-5-9-22(15-19)35(31)32;/h3-5,7,9-13,15,17,21H,2,6,8,14,16,18H2,1H3,(H,28,30)(H,31,32);/q;+1/p-1/t21-;/m1./s1. The van der Waals surface area contributed by atoms with Gasteiger partial charge in [0.1, 0.15) is 11.9 Å². The summed E-state index contributed by atoms with van der Waals surface area (Å²) in [5.41, 5.74) is 1.14. The summed E-state index contributed by atoms with van der Waals surface area (Å²) in [5.74, 6) is 2.01. The number of para-hydroxylation sites is 2. The second-order valence-electron chi connectivity index (χ2n) is 8.18. The van der Waals surface area contributed by atoms with Gasteiger partial charge in [0.2, 0.25) is 0 Å². The average Bonchev–Trinajstić information content (AvgIpc) is 2.89. The van der Waals surface area contributed by atoms with E-state index in [0.717, 1.165) is 36.7 Å². The number of hydrogen-bond acceptors (Lipinski definition) is 7. The number of ether oxygens (including phenoxy) is 2. The molecule has 1 aliphatic rings. The summed E-state index contributed by atoms with van der Waals surface area (Å²) in [6, 6.07) is 17.7. The molecule has 0 bridgehead atoms. The van der Waals surface area contributed by atoms with Crippen molar-refractivity contribution >= 4 is 22.8 Å². The van der Waals surface area contributed by atoms with Gasteiger partial charge in [-0.25, -0.2) is 4.98 Å². The summed E-state index contributed by atoms with van der Waals surface area (Å²) in [7, 11) is 0. The average molecular weight is 534 g/mol. The summed E-state index contributed by atoms with van der Waals surface area (Å²) in [6.07, 6.45) is 3.48. The molecule has 0 spiro atoms. The van der Waals surface area contributed by atoms with Crippen LogP contribution in [0, 0.1) is 0 Å². The molecule has 0 radical (unpaired) electrons. The monoisotopic (exact) mass is 533 g/mol. The molecular formula is C26H28KN3O5S. The van der Waals surface area contributed by atoms with Gasteiger partial charge in [0.05, 0.1) is 18.7 Å². The van der Waals surface area contributed by atoms with Crippen molar-refractivity contribution in [2.75, 3.05) is 24.6 Å². The van der Waals surface area contributed by atoms with Crippen LogP contribution in [0.4, 0.5) is 5.82 Å². The third kappa shape index (κ3) is 7.85. The Bertz CT molecular complexity index is 1180. The van der Waals surface area contributed by atoms with Crippen LogP contribution in [0.1, 0.15) is 35.7 Å². The number of rotatable bonds is 9. The van der Waals surface area contributed by atoms with E-state index in [-0.39, 0.29) is 74.8 Å². The van der Waals surface area contributed by atoms with E-state index in [4.69, 9.17) is 9.47 Å². The van der Waals surface area contributed by atoms with Gasteiger partial charge in [-0.05, 0) is 72.8 Å². The molecule has 1 N–H and O–H groups in total. The number of nitrogens with zero attached hydrogens (tertiary/aromatic N) is 2. The van der Waals surface area contributed by atoms with Crippen molar-refractivity contribution in [1.82, 2.24) is 10.3 Å². The predicted molar refractivity (Wildman–Crippen MR) is 133 cm³/mol. The molecule has 1 aromatic heterocycles. The number of nitrogens with one attached hydrogen (secondary N) is 1. The number of hydrogen-bond donors (Lipinski definition) is 1. The number of carbonyl (C=O) groups excluding carboxylic acids is 1. The Morgan fingerprint density at radius 2 is 1.97 bits per heavy atom. The molecule has 3 aromatic rings. The largest absolute Gasteiger partial charge is 1.00 e. The third-order valence-corrected chi connectivity index (χ3v) is 6.34. The number of anilines is 1. The molecule has 1 unspecified atom stereocenters. The zero-order valence-electron chi connectivity index (χ0n) is 20.5. The second-order valence-corrected chi connectivity index (χ2v) is 9.12. The van der Waals surface area contributed by atoms with Crippen molar-refractivity contribution in [3.8, 4) is 11.5 Å². The third-order valence-electron chi connectivity index (χ3n) is 5.70. The number of amides is 1. The number of piperidine rings is 1. The van der Waals surface area contributed by atoms with E-state index in [1.807, 2.05) is 37.3 Å². The van der Waals surface area contributed by atoms with Crippen LogP contribution in [-0.2, 0) is 17.6 Å². The fourth-order valence-electron chi connectivity index (χ4n) is 4.00. The fraction of sp³-hybridized carbons (Fsp3) is 0.308. The van der Waals surface area contributed by atoms with Gasteiger partial charge in [-0.15, -0.1) is 0 Å². The van der Waals surface area contributed by atoms with E-state index in [9.17, 15) is 13.6 Å². The van der Waals surface area contributed by atoms with Gasteiger partial charge < -0.3 is 24.2 Å². The van der Waals surface area contributed by atoms with Gasteiger partial charge in [0, 0.05) is 24.2 Å². The van der Waals surface area contributed by atoms with Gasteiger partial charge in [-0.3, -0.25) is 9.00 Å². The first kappa shape index (κ1) is 28.8. The SMILES string of the molecule is CCOc1ccccc1O[C@@H]1CCCN(c2ccc(C(=O)NCc3cccc(S(=O)[O-])c3)cn2)C1.[K+]. The maximum atomic E-state index is 12.5. The number of aromatic nitrogens is 1. The maximum absolute atomic E-state index is 12.5. The van der Waals surface area contributed by atoms with E-state index in [1.54, 1.807) is 24.4 Å². The van der Waals surface area contributed by atoms with Crippen LogP contribution in [0.3, 0.4) is 0 Å². The molecule has 36 heavy (non-hydrogen) atoms. The molecule has 2 atom stereocenters. The van der Waals surface area contributed by atoms with Gasteiger partial charge >= 0.3 is 51.4 Å². The molecule has 1 fully saturated rings. The first-order chi connectivity index (χ1) is 17.0. The number of carbonyl (C=O) groups is 1. The van der Waals surface area contributed by atoms with Crippen LogP contribution in [0.25, 0.3) is 0 Å². The first-order valence-corrected chi connectivity index (χ1v) is 12.7. The zero-order chi connectivity index (χ0) is 24.6. The molecule has 0 aliphatic carbocycles. The Hall–Kier alpha value is -1.79. The summed E-state index contributed by atoms with van der Waals surface area (Å²) in [4.78, 5) is 19.4. The summed E-state index contributed by atoms with van der Waals surface area (Å²) >= 11 is -2.30. The molecule has 0 saturated carbocycles. The molecule has 8 nitrogen and oxygen atoms in total. The van der Waals surface area contributed by atoms with Crippen LogP contribution < -0.4 is 71.1 Å². The normalized spacial score (nSPS) is 15.9. The van der Waals surface area contributed by atoms with Crippen LogP contribution in [0.2, 0.25) is 0 Å². The molecular weight excluding hydrogens is 505 g/mol. The van der Waals surface area contributed by atoms with E-state index >= 15 is 0 Å². The van der Waals surface area contributed by atoms with E-state index < -0.39 is 11.1 Å². The second kappa shape index (κ2) is 14.2. The van der Waals surface area contributed by atoms with Crippen LogP contribution in [-0.4, -0.2) is 45.5 Å². The van der Waals surface area contributed by atoms with Crippen molar-refractivity contribution < 1.29 is 74.4 Å². The molecule has 2 aromatic carbocycles. The zero-order valence-corrected chi connectivity index (χ0v) is 24.5. The van der Waals surface area contributed by atoms with Crippen molar-refractivity contribution in [1.29, 1.82) is 0 Å². The first-order valence-electron chi connectivity index (χ1n) is 11.6. The van der Waals surface area contributed by atoms with Gasteiger partial charge in [-0.1, -0.05) is 24.3 Å². The number of pyridine rings is 1. The van der Waals surface area contributed by atoms with Gasteiger partial charge in [0.25, 0.3) is 5.91 Å². The van der Waals surface area contributed by atoms with Crippen LogP contribution in [0.5, 0.6) is 11.5 Å². The summed E-state index contributed by atoms with van der Waals surface area (Å²) in [6.45, 7) is 4.30. The van der Waals surface area contributed by atoms with Crippen molar-refractivity contribution in [3.05, 3.63) is 78.0 Å². The Morgan fingerprint density at radius 3 is 2.69 bits per heavy atom. The smallest absolute Gasteiger partial charge is 0.768 e. The molecule has 4 rings (SSSR count). The predicted octanol–water partition coefficient (Wildman–Crippen LogP) is 0.700. The van der Waals surface area contributed by atoms with Crippen LogP contribution in [0.15, 0.2) is 71.8 Å². The number of benzene rings is 2. The Balaban J connectivity index is 0.00000361. The van der Waals surface area contributed by atoms with Crippen molar-refractivity contribution in [2.45, 2.75) is 37.3 Å². The van der Waals surface area contributed by atoms with E-state index in [1.165, 1.54) is 12.1 Å². The van der Waals surface area contributed by atoms with Crippen molar-refractivity contribution in [3.63, 3.8) is 0 Å². The minimum atomic E-state index is -2.30. The van der Waals surface area contributed by atoms with E-state index in [2.05, 4.69) is 15.2 Å². The quantitative estimate of drug-likeness (QED) is 0.319. The molecule has 1 saturated heterocycles. The molecule has 184 valence electrons. The van der Waals surface area contributed by atoms with Gasteiger partial charge in [0.15, 0.2) is 11.5 Å². The van der Waals surface area contributed by atoms with E-state index in [0.29, 0.717) is 24.3 Å². The minimum absolute atomic E-state index is 0. The van der Waals surface area contributed by atoms with Gasteiger partial charge in [-0.2, -0.15) is 0 Å². The topological polar surface area (TPSA) is 104 Å². The molecule has 2 heterocycles. The Kier molecular flexibility index (Phi) is 11.4. The summed E-state index contributed by atoms with van der Waals surface area (Å²) < 4.78 is 34.2. The minimum Gasteiger partial charge on any atom is -0.768 e. The van der Waals surface area contributed by atoms with Crippen LogP contribution >= 0.6 is 0 Å². The summed E-state index contributed by atoms with van der Waals surface area (Å²) in [5, 5.41) is 2.80. The van der Waals surface area contributed by atoms with Crippen molar-refractivity contribution in [2.24, 2.45) is 0 Å². The molecule has 1 amide bonds. The molecule has 1 aliphatic heterocycles.